The highest BCUT2D eigenvalue weighted by molar-refractivity contribution is 5.42. The largest absolute Gasteiger partial charge is 0.393 e. The lowest BCUT2D eigenvalue weighted by Crippen LogP contribution is -2.12. The molecule has 2 nitrogen and oxygen atoms in total. The number of benzene rings is 1. The summed E-state index contributed by atoms with van der Waals surface area (Å²) in [6, 6.07) is 7.84. The first-order valence-electron chi connectivity index (χ1n) is 4.75. The Morgan fingerprint density at radius 2 is 2.00 bits per heavy atom. The third-order valence-corrected chi connectivity index (χ3v) is 2.54. The number of nitriles is 1. The van der Waals surface area contributed by atoms with Gasteiger partial charge < -0.3 is 5.11 Å². The molecule has 1 N–H and O–H groups in total. The van der Waals surface area contributed by atoms with Gasteiger partial charge in [-0.3, -0.25) is 0 Å². The van der Waals surface area contributed by atoms with Gasteiger partial charge in [0, 0.05) is 5.92 Å². The van der Waals surface area contributed by atoms with Crippen LogP contribution in [0.1, 0.15) is 36.5 Å². The van der Waals surface area contributed by atoms with Crippen molar-refractivity contribution in [3.8, 4) is 6.07 Å². The van der Waals surface area contributed by atoms with Crippen molar-refractivity contribution in [3.05, 3.63) is 34.9 Å². The highest BCUT2D eigenvalue weighted by Crippen LogP contribution is 2.23. The van der Waals surface area contributed by atoms with Crippen molar-refractivity contribution < 1.29 is 5.11 Å². The van der Waals surface area contributed by atoms with Crippen LogP contribution in [0.4, 0.5) is 0 Å². The van der Waals surface area contributed by atoms with Crippen LogP contribution in [-0.2, 0) is 0 Å². The predicted molar refractivity (Wildman–Crippen MR) is 56.0 cm³/mol. The topological polar surface area (TPSA) is 44.0 Å². The van der Waals surface area contributed by atoms with E-state index >= 15 is 0 Å². The van der Waals surface area contributed by atoms with Gasteiger partial charge in [-0.15, -0.1) is 0 Å². The smallest absolute Gasteiger partial charge is 0.0994 e. The van der Waals surface area contributed by atoms with Gasteiger partial charge in [-0.2, -0.15) is 5.26 Å². The summed E-state index contributed by atoms with van der Waals surface area (Å²) in [5.74, 6) is 0.00421. The molecule has 0 aliphatic heterocycles. The Bertz CT molecular complexity index is 363. The zero-order valence-electron chi connectivity index (χ0n) is 8.78. The molecule has 0 saturated carbocycles. The molecule has 0 fully saturated rings. The fourth-order valence-electron chi connectivity index (χ4n) is 1.42. The number of aliphatic hydroxyl groups excluding tert-OH is 1. The van der Waals surface area contributed by atoms with E-state index in [0.29, 0.717) is 5.56 Å². The fraction of sp³-hybridized carbons (Fsp3) is 0.417. The molecule has 0 spiro atoms. The van der Waals surface area contributed by atoms with Crippen LogP contribution in [0.3, 0.4) is 0 Å². The molecular formula is C12H15NO. The minimum atomic E-state index is -0.427. The Morgan fingerprint density at radius 1 is 1.36 bits per heavy atom. The number of hydrogen-bond donors (Lipinski definition) is 1. The van der Waals surface area contributed by atoms with Crippen molar-refractivity contribution in [3.63, 3.8) is 0 Å². The molecule has 0 radical (unpaired) electrons. The second kappa shape index (κ2) is 4.26. The first kappa shape index (κ1) is 10.7. The fourth-order valence-corrected chi connectivity index (χ4v) is 1.42. The molecular weight excluding hydrogens is 174 g/mol. The van der Waals surface area contributed by atoms with Crippen LogP contribution in [0.5, 0.6) is 0 Å². The van der Waals surface area contributed by atoms with E-state index in [1.54, 1.807) is 6.92 Å². The van der Waals surface area contributed by atoms with Crippen LogP contribution >= 0.6 is 0 Å². The minimum Gasteiger partial charge on any atom is -0.393 e. The third-order valence-electron chi connectivity index (χ3n) is 2.54. The monoisotopic (exact) mass is 189 g/mol. The molecule has 1 aromatic rings. The lowest BCUT2D eigenvalue weighted by atomic mass is 9.91. The minimum absolute atomic E-state index is 0.00421. The summed E-state index contributed by atoms with van der Waals surface area (Å²) in [7, 11) is 0. The van der Waals surface area contributed by atoms with Gasteiger partial charge in [0.25, 0.3) is 0 Å². The van der Waals surface area contributed by atoms with Gasteiger partial charge in [0.15, 0.2) is 0 Å². The van der Waals surface area contributed by atoms with Crippen LogP contribution in [0, 0.1) is 18.3 Å². The Kier molecular flexibility index (Phi) is 3.27. The molecule has 2 unspecified atom stereocenters. The number of hydrogen-bond acceptors (Lipinski definition) is 2. The first-order valence-corrected chi connectivity index (χ1v) is 4.75. The summed E-state index contributed by atoms with van der Waals surface area (Å²) in [4.78, 5) is 0. The van der Waals surface area contributed by atoms with Gasteiger partial charge in [0.2, 0.25) is 0 Å². The second-order valence-electron chi connectivity index (χ2n) is 3.73. The summed E-state index contributed by atoms with van der Waals surface area (Å²) in [6.07, 6.45) is -0.427. The molecule has 0 saturated heterocycles. The van der Waals surface area contributed by atoms with Crippen molar-refractivity contribution in [1.82, 2.24) is 0 Å². The zero-order valence-corrected chi connectivity index (χ0v) is 8.78. The molecule has 0 bridgehead atoms. The van der Waals surface area contributed by atoms with E-state index in [1.807, 2.05) is 32.0 Å². The van der Waals surface area contributed by atoms with E-state index in [1.165, 1.54) is 0 Å². The summed E-state index contributed by atoms with van der Waals surface area (Å²) in [6.45, 7) is 5.66. The SMILES string of the molecule is Cc1ccc(C#N)c(C(C)C(C)O)c1. The zero-order chi connectivity index (χ0) is 10.7. The van der Waals surface area contributed by atoms with Gasteiger partial charge in [0.05, 0.1) is 17.7 Å². The average Bonchev–Trinajstić information content (AvgIpc) is 2.16. The van der Waals surface area contributed by atoms with Crippen LogP contribution in [0.15, 0.2) is 18.2 Å². The maximum absolute atomic E-state index is 9.48. The molecule has 0 heterocycles. The third kappa shape index (κ3) is 2.12. The summed E-state index contributed by atoms with van der Waals surface area (Å²) < 4.78 is 0. The lowest BCUT2D eigenvalue weighted by Gasteiger charge is -2.16. The normalized spacial score (nSPS) is 14.5. The van der Waals surface area contributed by atoms with E-state index in [2.05, 4.69) is 6.07 Å². The van der Waals surface area contributed by atoms with Crippen molar-refractivity contribution >= 4 is 0 Å². The molecule has 2 heteroatoms. The molecule has 1 aromatic carbocycles. The highest BCUT2D eigenvalue weighted by Gasteiger charge is 2.15. The van der Waals surface area contributed by atoms with Crippen molar-refractivity contribution in [2.24, 2.45) is 0 Å². The predicted octanol–water partition coefficient (Wildman–Crippen LogP) is 2.35. The molecule has 0 aliphatic carbocycles. The van der Waals surface area contributed by atoms with Gasteiger partial charge in [-0.1, -0.05) is 24.6 Å². The lowest BCUT2D eigenvalue weighted by molar-refractivity contribution is 0.169. The molecule has 74 valence electrons. The Morgan fingerprint density at radius 3 is 2.50 bits per heavy atom. The summed E-state index contributed by atoms with van der Waals surface area (Å²) in [5.41, 5.74) is 2.71. The van der Waals surface area contributed by atoms with Gasteiger partial charge in [-0.25, -0.2) is 0 Å². The second-order valence-corrected chi connectivity index (χ2v) is 3.73. The van der Waals surface area contributed by atoms with Crippen molar-refractivity contribution in [2.45, 2.75) is 32.8 Å². The molecule has 0 amide bonds. The van der Waals surface area contributed by atoms with E-state index in [4.69, 9.17) is 5.26 Å². The van der Waals surface area contributed by atoms with Crippen LogP contribution in [0.2, 0.25) is 0 Å². The average molecular weight is 189 g/mol. The Hall–Kier alpha value is -1.33. The number of nitrogens with zero attached hydrogens (tertiary/aromatic N) is 1. The quantitative estimate of drug-likeness (QED) is 0.776. The molecule has 0 aliphatic rings. The number of rotatable bonds is 2. The van der Waals surface area contributed by atoms with Gasteiger partial charge in [-0.05, 0) is 25.5 Å². The van der Waals surface area contributed by atoms with Gasteiger partial charge >= 0.3 is 0 Å². The first-order chi connectivity index (χ1) is 6.56. The number of aryl methyl sites for hydroxylation is 1. The Balaban J connectivity index is 3.18. The molecule has 1 rings (SSSR count). The molecule has 2 atom stereocenters. The van der Waals surface area contributed by atoms with E-state index in [0.717, 1.165) is 11.1 Å². The Labute approximate surface area is 84.8 Å². The number of aliphatic hydroxyl groups is 1. The van der Waals surface area contributed by atoms with E-state index in [9.17, 15) is 5.11 Å². The molecule has 14 heavy (non-hydrogen) atoms. The van der Waals surface area contributed by atoms with Crippen LogP contribution in [-0.4, -0.2) is 11.2 Å². The van der Waals surface area contributed by atoms with Crippen molar-refractivity contribution in [2.75, 3.05) is 0 Å². The van der Waals surface area contributed by atoms with Crippen LogP contribution < -0.4 is 0 Å². The summed E-state index contributed by atoms with van der Waals surface area (Å²) >= 11 is 0. The summed E-state index contributed by atoms with van der Waals surface area (Å²) in [5, 5.41) is 18.4. The highest BCUT2D eigenvalue weighted by atomic mass is 16.3. The van der Waals surface area contributed by atoms with Crippen molar-refractivity contribution in [1.29, 1.82) is 5.26 Å². The molecule has 0 aromatic heterocycles. The van der Waals surface area contributed by atoms with Gasteiger partial charge in [0.1, 0.15) is 0 Å². The van der Waals surface area contributed by atoms with E-state index in [-0.39, 0.29) is 5.92 Å². The maximum Gasteiger partial charge on any atom is 0.0994 e. The maximum atomic E-state index is 9.48. The van der Waals surface area contributed by atoms with Crippen LogP contribution in [0.25, 0.3) is 0 Å². The standard InChI is InChI=1S/C12H15NO/c1-8-4-5-11(7-13)12(6-8)9(2)10(3)14/h4-6,9-10,14H,1-3H3. The van der Waals surface area contributed by atoms with E-state index < -0.39 is 6.10 Å².